The fourth-order valence-corrected chi connectivity index (χ4v) is 2.74. The summed E-state index contributed by atoms with van der Waals surface area (Å²) in [7, 11) is 0. The highest BCUT2D eigenvalue weighted by Crippen LogP contribution is 2.27. The molecule has 2 rings (SSSR count). The number of hydrogen-bond donors (Lipinski definition) is 3. The second-order valence-corrected chi connectivity index (χ2v) is 6.57. The van der Waals surface area contributed by atoms with Gasteiger partial charge >= 0.3 is 6.03 Å². The van der Waals surface area contributed by atoms with Crippen molar-refractivity contribution in [1.29, 1.82) is 0 Å². The van der Waals surface area contributed by atoms with Gasteiger partial charge in [0.1, 0.15) is 5.75 Å². The van der Waals surface area contributed by atoms with Crippen LogP contribution in [0.4, 0.5) is 16.2 Å². The number of urea groups is 1. The minimum atomic E-state index is -0.299. The number of nitrogens with one attached hydrogen (secondary N) is 2. The molecule has 0 bridgehead atoms. The molecule has 128 valence electrons. The molecule has 0 fully saturated rings. The summed E-state index contributed by atoms with van der Waals surface area (Å²) in [6.07, 6.45) is 0.656. The van der Waals surface area contributed by atoms with Gasteiger partial charge in [-0.15, -0.1) is 0 Å². The molecule has 0 saturated heterocycles. The van der Waals surface area contributed by atoms with Gasteiger partial charge in [0, 0.05) is 11.0 Å². The molecule has 0 aliphatic heterocycles. The van der Waals surface area contributed by atoms with Gasteiger partial charge in [-0.1, -0.05) is 33.6 Å². The zero-order valence-electron chi connectivity index (χ0n) is 13.2. The van der Waals surface area contributed by atoms with E-state index >= 15 is 0 Å². The van der Waals surface area contributed by atoms with Gasteiger partial charge in [0.25, 0.3) is 0 Å². The number of carbonyl (C=O) groups excluding carboxylic acids is 1. The van der Waals surface area contributed by atoms with E-state index in [0.717, 1.165) is 10.0 Å². The first kappa shape index (κ1) is 18.4. The average Bonchev–Trinajstić information content (AvgIpc) is 2.51. The lowest BCUT2D eigenvalue weighted by atomic mass is 10.2. The summed E-state index contributed by atoms with van der Waals surface area (Å²) >= 11 is 9.40. The van der Waals surface area contributed by atoms with Crippen molar-refractivity contribution in [3.05, 3.63) is 51.5 Å². The molecule has 0 saturated carbocycles. The maximum Gasteiger partial charge on any atom is 0.319 e. The van der Waals surface area contributed by atoms with Crippen molar-refractivity contribution in [2.75, 3.05) is 24.2 Å². The number of nitrogens with two attached hydrogens (primary N) is 1. The molecular weight excluding hydrogens is 394 g/mol. The minimum absolute atomic E-state index is 0.299. The largest absolute Gasteiger partial charge is 0.492 e. The number of amides is 2. The van der Waals surface area contributed by atoms with Crippen LogP contribution in [0.1, 0.15) is 12.0 Å². The van der Waals surface area contributed by atoms with E-state index < -0.39 is 0 Å². The molecule has 2 aromatic rings. The lowest BCUT2D eigenvalue weighted by Gasteiger charge is -2.11. The maximum absolute atomic E-state index is 11.8. The van der Waals surface area contributed by atoms with Crippen molar-refractivity contribution in [1.82, 2.24) is 5.32 Å². The van der Waals surface area contributed by atoms with Crippen LogP contribution in [0.3, 0.4) is 0 Å². The number of aryl methyl sites for hydroxylation is 1. The summed E-state index contributed by atoms with van der Waals surface area (Å²) in [4.78, 5) is 11.8. The van der Waals surface area contributed by atoms with Gasteiger partial charge in [-0.2, -0.15) is 0 Å². The molecule has 5 nitrogen and oxygen atoms in total. The van der Waals surface area contributed by atoms with Crippen molar-refractivity contribution in [2.24, 2.45) is 0 Å². The summed E-state index contributed by atoms with van der Waals surface area (Å²) in [5.41, 5.74) is 8.03. The molecule has 0 aromatic heterocycles. The average molecular weight is 413 g/mol. The predicted molar refractivity (Wildman–Crippen MR) is 102 cm³/mol. The number of anilines is 2. The Morgan fingerprint density at radius 2 is 2.08 bits per heavy atom. The number of nitrogen functional groups attached to an aromatic ring is 1. The van der Waals surface area contributed by atoms with Crippen LogP contribution in [0.25, 0.3) is 0 Å². The quantitative estimate of drug-likeness (QED) is 0.480. The van der Waals surface area contributed by atoms with E-state index in [1.54, 1.807) is 18.2 Å². The SMILES string of the molecule is Cc1ccc(NC(=O)NCCCOc2ccc(Br)cc2Cl)c(N)c1. The highest BCUT2D eigenvalue weighted by Gasteiger charge is 2.05. The van der Waals surface area contributed by atoms with Crippen LogP contribution in [0.5, 0.6) is 5.75 Å². The topological polar surface area (TPSA) is 76.4 Å². The molecule has 2 aromatic carbocycles. The van der Waals surface area contributed by atoms with Crippen LogP contribution in [0.15, 0.2) is 40.9 Å². The Bertz CT molecular complexity index is 725. The van der Waals surface area contributed by atoms with Crippen LogP contribution in [-0.2, 0) is 0 Å². The first-order valence-electron chi connectivity index (χ1n) is 7.44. The summed E-state index contributed by atoms with van der Waals surface area (Å²) in [6.45, 7) is 2.87. The predicted octanol–water partition coefficient (Wildman–Crippen LogP) is 4.58. The van der Waals surface area contributed by atoms with Crippen molar-refractivity contribution in [3.8, 4) is 5.75 Å². The maximum atomic E-state index is 11.8. The van der Waals surface area contributed by atoms with Gasteiger partial charge in [-0.3, -0.25) is 0 Å². The van der Waals surface area contributed by atoms with Gasteiger partial charge in [-0.25, -0.2) is 4.79 Å². The van der Waals surface area contributed by atoms with Crippen LogP contribution in [0.2, 0.25) is 5.02 Å². The Kier molecular flexibility index (Phi) is 6.75. The molecule has 0 spiro atoms. The normalized spacial score (nSPS) is 10.3. The van der Waals surface area contributed by atoms with E-state index in [-0.39, 0.29) is 6.03 Å². The molecule has 0 aliphatic rings. The first-order valence-corrected chi connectivity index (χ1v) is 8.61. The summed E-state index contributed by atoms with van der Waals surface area (Å²) in [6, 6.07) is 10.6. The fourth-order valence-electron chi connectivity index (χ4n) is 2.01. The third-order valence-corrected chi connectivity index (χ3v) is 4.00. The van der Waals surface area contributed by atoms with E-state index in [1.807, 2.05) is 25.1 Å². The smallest absolute Gasteiger partial charge is 0.319 e. The van der Waals surface area contributed by atoms with E-state index in [9.17, 15) is 4.79 Å². The van der Waals surface area contributed by atoms with Gasteiger partial charge in [0.2, 0.25) is 0 Å². The lowest BCUT2D eigenvalue weighted by Crippen LogP contribution is -2.30. The molecule has 0 aliphatic carbocycles. The summed E-state index contributed by atoms with van der Waals surface area (Å²) in [5.74, 6) is 0.622. The molecule has 0 radical (unpaired) electrons. The highest BCUT2D eigenvalue weighted by molar-refractivity contribution is 9.10. The van der Waals surface area contributed by atoms with Crippen LogP contribution >= 0.6 is 27.5 Å². The first-order chi connectivity index (χ1) is 11.5. The van der Waals surface area contributed by atoms with E-state index in [4.69, 9.17) is 22.1 Å². The Labute approximate surface area is 154 Å². The number of benzene rings is 2. The monoisotopic (exact) mass is 411 g/mol. The highest BCUT2D eigenvalue weighted by atomic mass is 79.9. The zero-order chi connectivity index (χ0) is 17.5. The Hall–Kier alpha value is -1.92. The van der Waals surface area contributed by atoms with Gasteiger partial charge in [-0.05, 0) is 49.2 Å². The van der Waals surface area contributed by atoms with Gasteiger partial charge in [0.05, 0.1) is 23.0 Å². The van der Waals surface area contributed by atoms with Crippen LogP contribution < -0.4 is 21.1 Å². The number of rotatable bonds is 6. The molecule has 4 N–H and O–H groups in total. The summed E-state index contributed by atoms with van der Waals surface area (Å²) in [5, 5.41) is 6.02. The standard InChI is InChI=1S/C17H19BrClN3O2/c1-11-3-5-15(14(20)9-11)22-17(23)21-7-2-8-24-16-6-4-12(18)10-13(16)19/h3-6,9-10H,2,7-8,20H2,1H3,(H2,21,22,23). The van der Waals surface area contributed by atoms with Crippen molar-refractivity contribution in [3.63, 3.8) is 0 Å². The van der Waals surface area contributed by atoms with Crippen molar-refractivity contribution >= 4 is 44.9 Å². The van der Waals surface area contributed by atoms with Crippen molar-refractivity contribution in [2.45, 2.75) is 13.3 Å². The van der Waals surface area contributed by atoms with Crippen molar-refractivity contribution < 1.29 is 9.53 Å². The van der Waals surface area contributed by atoms with Gasteiger partial charge < -0.3 is 21.1 Å². The zero-order valence-corrected chi connectivity index (χ0v) is 15.6. The molecule has 24 heavy (non-hydrogen) atoms. The number of hydrogen-bond acceptors (Lipinski definition) is 3. The Morgan fingerprint density at radius 3 is 2.79 bits per heavy atom. The molecule has 0 atom stereocenters. The minimum Gasteiger partial charge on any atom is -0.492 e. The Balaban J connectivity index is 1.69. The Morgan fingerprint density at radius 1 is 1.29 bits per heavy atom. The molecular formula is C17H19BrClN3O2. The van der Waals surface area contributed by atoms with Crippen LogP contribution in [0, 0.1) is 6.92 Å². The van der Waals surface area contributed by atoms with Crippen LogP contribution in [-0.4, -0.2) is 19.2 Å². The number of halogens is 2. The third kappa shape index (κ3) is 5.62. The fraction of sp³-hybridized carbons (Fsp3) is 0.235. The molecule has 7 heteroatoms. The lowest BCUT2D eigenvalue weighted by molar-refractivity contribution is 0.250. The number of ether oxygens (including phenoxy) is 1. The van der Waals surface area contributed by atoms with E-state index in [2.05, 4.69) is 26.6 Å². The summed E-state index contributed by atoms with van der Waals surface area (Å²) < 4.78 is 6.48. The molecule has 2 amide bonds. The second-order valence-electron chi connectivity index (χ2n) is 5.25. The van der Waals surface area contributed by atoms with E-state index in [0.29, 0.717) is 41.7 Å². The second kappa shape index (κ2) is 8.80. The molecule has 0 heterocycles. The van der Waals surface area contributed by atoms with Gasteiger partial charge in [0.15, 0.2) is 0 Å². The van der Waals surface area contributed by atoms with E-state index in [1.165, 1.54) is 0 Å². The third-order valence-electron chi connectivity index (χ3n) is 3.21. The molecule has 0 unspecified atom stereocenters. The number of carbonyl (C=O) groups is 1.